The van der Waals surface area contributed by atoms with Crippen molar-refractivity contribution >= 4 is 11.9 Å². The van der Waals surface area contributed by atoms with Gasteiger partial charge >= 0.3 is 24.0 Å². The highest BCUT2D eigenvalue weighted by Gasteiger charge is 2.76. The first-order valence-electron chi connectivity index (χ1n) is 7.98. The zero-order valence-corrected chi connectivity index (χ0v) is 14.6. The van der Waals surface area contributed by atoms with E-state index in [1.165, 1.54) is 5.32 Å². The van der Waals surface area contributed by atoms with Crippen LogP contribution in [0.3, 0.4) is 0 Å². The van der Waals surface area contributed by atoms with E-state index in [1.54, 1.807) is 6.92 Å². The van der Waals surface area contributed by atoms with Crippen LogP contribution in [0.2, 0.25) is 0 Å². The first-order valence-corrected chi connectivity index (χ1v) is 7.98. The van der Waals surface area contributed by atoms with Gasteiger partial charge in [0.2, 0.25) is 0 Å². The van der Waals surface area contributed by atoms with Gasteiger partial charge in [0.1, 0.15) is 6.04 Å². The van der Waals surface area contributed by atoms with Crippen LogP contribution in [0.1, 0.15) is 46.5 Å². The molecule has 4 nitrogen and oxygen atoms in total. The van der Waals surface area contributed by atoms with E-state index in [0.29, 0.717) is 12.8 Å². The molecule has 154 valence electrons. The number of amides is 1. The van der Waals surface area contributed by atoms with Crippen LogP contribution in [0.25, 0.3) is 0 Å². The van der Waals surface area contributed by atoms with Crippen LogP contribution >= 0.6 is 0 Å². The molecule has 0 radical (unpaired) electrons. The largest absolute Gasteiger partial charge is 0.464 e. The molecule has 0 spiro atoms. The molecule has 0 bridgehead atoms. The van der Waals surface area contributed by atoms with Gasteiger partial charge in [0.25, 0.3) is 5.91 Å². The molecule has 1 amide bonds. The minimum Gasteiger partial charge on any atom is -0.464 e. The van der Waals surface area contributed by atoms with E-state index in [9.17, 15) is 40.3 Å². The van der Waals surface area contributed by atoms with Crippen LogP contribution in [-0.4, -0.2) is 42.5 Å². The first kappa shape index (κ1) is 24.5. The maximum absolute atomic E-state index is 13.4. The molecular weight excluding hydrogens is 375 g/mol. The summed E-state index contributed by atoms with van der Waals surface area (Å²) < 4.78 is 93.7. The lowest BCUT2D eigenvalue weighted by Crippen LogP contribution is -2.61. The highest BCUT2D eigenvalue weighted by atomic mass is 19.4. The molecule has 0 rings (SSSR count). The Morgan fingerprint density at radius 2 is 1.54 bits per heavy atom. The summed E-state index contributed by atoms with van der Waals surface area (Å²) in [6.45, 7) is 5.17. The molecule has 0 aliphatic heterocycles. The summed E-state index contributed by atoms with van der Waals surface area (Å²) in [4.78, 5) is 23.2. The Kier molecular flexibility index (Phi) is 8.84. The van der Waals surface area contributed by atoms with Crippen molar-refractivity contribution in [3.05, 3.63) is 0 Å². The molecule has 0 aromatic rings. The molecule has 0 heterocycles. The standard InChI is InChI=1S/C15H22F7NO3/c1-4-5-6-10(11(24)26-8-7-9(2)3)23-12(25)13(16,17)14(18,19)15(20,21)22/h9-10H,4-8H2,1-3H3,(H,23,25). The van der Waals surface area contributed by atoms with E-state index >= 15 is 0 Å². The second-order valence-corrected chi connectivity index (χ2v) is 6.16. The number of nitrogens with one attached hydrogen (secondary N) is 1. The van der Waals surface area contributed by atoms with Crippen molar-refractivity contribution in [1.29, 1.82) is 0 Å². The van der Waals surface area contributed by atoms with Crippen LogP contribution in [0, 0.1) is 5.92 Å². The quantitative estimate of drug-likeness (QED) is 0.446. The maximum atomic E-state index is 13.4. The fourth-order valence-electron chi connectivity index (χ4n) is 1.72. The number of ether oxygens (including phenoxy) is 1. The maximum Gasteiger partial charge on any atom is 0.460 e. The molecule has 0 aromatic heterocycles. The van der Waals surface area contributed by atoms with Crippen LogP contribution < -0.4 is 5.32 Å². The average Bonchev–Trinajstić information content (AvgIpc) is 2.49. The van der Waals surface area contributed by atoms with Crippen LogP contribution in [0.15, 0.2) is 0 Å². The second-order valence-electron chi connectivity index (χ2n) is 6.16. The van der Waals surface area contributed by atoms with Gasteiger partial charge in [-0.3, -0.25) is 4.79 Å². The number of hydrogen-bond acceptors (Lipinski definition) is 3. The fraction of sp³-hybridized carbons (Fsp3) is 0.867. The minimum absolute atomic E-state index is 0.107. The predicted octanol–water partition coefficient (Wildman–Crippen LogP) is 4.08. The smallest absolute Gasteiger partial charge is 0.460 e. The van der Waals surface area contributed by atoms with Crippen LogP contribution in [-0.2, 0) is 14.3 Å². The molecule has 0 aromatic carbocycles. The Hall–Kier alpha value is -1.55. The van der Waals surface area contributed by atoms with Crippen molar-refractivity contribution in [2.24, 2.45) is 5.92 Å². The Morgan fingerprint density at radius 3 is 1.96 bits per heavy atom. The number of rotatable bonds is 10. The number of carbonyl (C=O) groups is 2. The highest BCUT2D eigenvalue weighted by Crippen LogP contribution is 2.46. The lowest BCUT2D eigenvalue weighted by Gasteiger charge is -2.28. The van der Waals surface area contributed by atoms with Gasteiger partial charge in [-0.25, -0.2) is 4.79 Å². The van der Waals surface area contributed by atoms with Gasteiger partial charge in [-0.05, 0) is 18.8 Å². The van der Waals surface area contributed by atoms with Crippen molar-refractivity contribution in [2.45, 2.75) is 70.5 Å². The lowest BCUT2D eigenvalue weighted by atomic mass is 10.1. The summed E-state index contributed by atoms with van der Waals surface area (Å²) in [5.41, 5.74) is 0. The number of carbonyl (C=O) groups excluding carboxylic acids is 2. The molecule has 0 saturated heterocycles. The van der Waals surface area contributed by atoms with Gasteiger partial charge in [-0.2, -0.15) is 30.7 Å². The molecule has 0 saturated carbocycles. The van der Waals surface area contributed by atoms with Crippen LogP contribution in [0.5, 0.6) is 0 Å². The SMILES string of the molecule is CCCCC(NC(=O)C(F)(F)C(F)(F)C(F)(F)F)C(=O)OCCC(C)C. The Balaban J connectivity index is 5.20. The van der Waals surface area contributed by atoms with E-state index in [-0.39, 0.29) is 25.4 Å². The van der Waals surface area contributed by atoms with E-state index in [0.717, 1.165) is 0 Å². The lowest BCUT2D eigenvalue weighted by molar-refractivity contribution is -0.344. The van der Waals surface area contributed by atoms with Gasteiger partial charge in [0, 0.05) is 0 Å². The zero-order chi connectivity index (χ0) is 20.8. The van der Waals surface area contributed by atoms with Gasteiger partial charge in [0.05, 0.1) is 6.61 Å². The van der Waals surface area contributed by atoms with E-state index in [2.05, 4.69) is 0 Å². The number of alkyl halides is 7. The van der Waals surface area contributed by atoms with Crippen molar-refractivity contribution in [3.8, 4) is 0 Å². The van der Waals surface area contributed by atoms with Crippen LogP contribution in [0.4, 0.5) is 30.7 Å². The molecule has 0 aliphatic carbocycles. The van der Waals surface area contributed by atoms with Gasteiger partial charge in [-0.15, -0.1) is 0 Å². The number of hydrogen-bond donors (Lipinski definition) is 1. The number of halogens is 7. The molecule has 0 aliphatic rings. The van der Waals surface area contributed by atoms with Gasteiger partial charge in [0.15, 0.2) is 0 Å². The molecule has 26 heavy (non-hydrogen) atoms. The Bertz CT molecular complexity index is 478. The van der Waals surface area contributed by atoms with Gasteiger partial charge in [-0.1, -0.05) is 33.6 Å². The average molecular weight is 397 g/mol. The molecule has 1 atom stereocenters. The zero-order valence-electron chi connectivity index (χ0n) is 14.6. The Morgan fingerprint density at radius 1 is 1.00 bits per heavy atom. The third-order valence-corrected chi connectivity index (χ3v) is 3.41. The number of esters is 1. The second kappa shape index (κ2) is 9.40. The summed E-state index contributed by atoms with van der Waals surface area (Å²) in [5, 5.41) is 1.26. The van der Waals surface area contributed by atoms with Gasteiger partial charge < -0.3 is 10.1 Å². The van der Waals surface area contributed by atoms with Crippen molar-refractivity contribution in [3.63, 3.8) is 0 Å². The minimum atomic E-state index is -6.63. The third kappa shape index (κ3) is 6.31. The highest BCUT2D eigenvalue weighted by molar-refractivity contribution is 5.89. The number of unbranched alkanes of at least 4 members (excludes halogenated alkanes) is 1. The first-order chi connectivity index (χ1) is 11.7. The summed E-state index contributed by atoms with van der Waals surface area (Å²) in [6, 6.07) is -1.75. The molecular formula is C15H22F7NO3. The van der Waals surface area contributed by atoms with Crippen molar-refractivity contribution in [1.82, 2.24) is 5.32 Å². The summed E-state index contributed by atoms with van der Waals surface area (Å²) in [6.07, 6.45) is -5.77. The Labute approximate surface area is 146 Å². The normalized spacial score (nSPS) is 14.3. The van der Waals surface area contributed by atoms with Crippen molar-refractivity contribution < 1.29 is 45.1 Å². The summed E-state index contributed by atoms with van der Waals surface area (Å²) >= 11 is 0. The van der Waals surface area contributed by atoms with E-state index in [1.807, 2.05) is 13.8 Å². The van der Waals surface area contributed by atoms with E-state index < -0.39 is 35.9 Å². The molecule has 1 unspecified atom stereocenters. The molecule has 0 fully saturated rings. The summed E-state index contributed by atoms with van der Waals surface area (Å²) in [7, 11) is 0. The van der Waals surface area contributed by atoms with E-state index in [4.69, 9.17) is 4.74 Å². The molecule has 1 N–H and O–H groups in total. The van der Waals surface area contributed by atoms with Crippen molar-refractivity contribution in [2.75, 3.05) is 6.61 Å². The predicted molar refractivity (Wildman–Crippen MR) is 77.8 cm³/mol. The monoisotopic (exact) mass is 397 g/mol. The summed E-state index contributed by atoms with van der Waals surface area (Å²) in [5.74, 6) is -16.6. The topological polar surface area (TPSA) is 55.4 Å². The fourth-order valence-corrected chi connectivity index (χ4v) is 1.72. The third-order valence-electron chi connectivity index (χ3n) is 3.41. The molecule has 11 heteroatoms.